The van der Waals surface area contributed by atoms with Crippen molar-refractivity contribution in [1.82, 2.24) is 4.90 Å². The summed E-state index contributed by atoms with van der Waals surface area (Å²) < 4.78 is 38.5. The van der Waals surface area contributed by atoms with Gasteiger partial charge in [-0.2, -0.15) is 0 Å². The lowest BCUT2D eigenvalue weighted by Gasteiger charge is -2.51. The third-order valence-corrected chi connectivity index (χ3v) is 5.00. The number of hydrogen-bond acceptors (Lipinski definition) is 4. The Labute approximate surface area is 151 Å². The van der Waals surface area contributed by atoms with Gasteiger partial charge in [0.05, 0.1) is 30.9 Å². The quantitative estimate of drug-likeness (QED) is 0.826. The molecule has 2 saturated heterocycles. The van der Waals surface area contributed by atoms with Crippen molar-refractivity contribution in [3.63, 3.8) is 0 Å². The van der Waals surface area contributed by atoms with Gasteiger partial charge in [0.1, 0.15) is 5.60 Å². The van der Waals surface area contributed by atoms with Gasteiger partial charge in [-0.1, -0.05) is 6.07 Å². The summed E-state index contributed by atoms with van der Waals surface area (Å²) in [5.74, 6) is -1.89. The summed E-state index contributed by atoms with van der Waals surface area (Å²) in [6.07, 6.45) is -0.0941. The molecule has 144 valence electrons. The Kier molecular flexibility index (Phi) is 4.73. The number of amides is 1. The van der Waals surface area contributed by atoms with E-state index in [0.29, 0.717) is 5.56 Å². The number of carbonyl (C=O) groups is 1. The maximum Gasteiger partial charge on any atom is 0.410 e. The molecule has 0 aliphatic carbocycles. The van der Waals surface area contributed by atoms with Crippen LogP contribution in [-0.4, -0.2) is 47.0 Å². The second-order valence-electron chi connectivity index (χ2n) is 8.21. The van der Waals surface area contributed by atoms with Gasteiger partial charge in [0.15, 0.2) is 11.6 Å². The zero-order valence-electron chi connectivity index (χ0n) is 15.5. The van der Waals surface area contributed by atoms with Crippen LogP contribution in [0.25, 0.3) is 0 Å². The molecular formula is C19H25F2NO4. The van der Waals surface area contributed by atoms with Gasteiger partial charge in [0, 0.05) is 12.8 Å². The highest BCUT2D eigenvalue weighted by Crippen LogP contribution is 2.43. The van der Waals surface area contributed by atoms with Gasteiger partial charge >= 0.3 is 6.09 Å². The van der Waals surface area contributed by atoms with Crippen LogP contribution in [0.15, 0.2) is 12.1 Å². The van der Waals surface area contributed by atoms with E-state index in [4.69, 9.17) is 9.47 Å². The van der Waals surface area contributed by atoms with Crippen molar-refractivity contribution in [3.05, 3.63) is 34.9 Å². The van der Waals surface area contributed by atoms with Crippen LogP contribution in [0.1, 0.15) is 44.7 Å². The lowest BCUT2D eigenvalue weighted by atomic mass is 9.75. The van der Waals surface area contributed by atoms with Crippen LogP contribution in [0, 0.1) is 18.6 Å². The Morgan fingerprint density at radius 1 is 1.27 bits per heavy atom. The average Bonchev–Trinajstić information content (AvgIpc) is 2.49. The van der Waals surface area contributed by atoms with Crippen LogP contribution in [0.5, 0.6) is 0 Å². The van der Waals surface area contributed by atoms with E-state index in [2.05, 4.69) is 0 Å². The number of halogens is 2. The van der Waals surface area contributed by atoms with E-state index in [0.717, 1.165) is 6.07 Å². The normalized spacial score (nSPS) is 28.8. The smallest absolute Gasteiger partial charge is 0.410 e. The highest BCUT2D eigenvalue weighted by Gasteiger charge is 2.50. The average molecular weight is 369 g/mol. The number of fused-ring (bicyclic) bond motifs is 2. The highest BCUT2D eigenvalue weighted by atomic mass is 19.2. The van der Waals surface area contributed by atoms with Crippen LogP contribution in [0.2, 0.25) is 0 Å². The lowest BCUT2D eigenvalue weighted by molar-refractivity contribution is -0.141. The number of carbonyl (C=O) groups excluding carboxylic acids is 1. The molecule has 0 radical (unpaired) electrons. The zero-order chi connectivity index (χ0) is 19.3. The first-order chi connectivity index (χ1) is 12.0. The molecule has 0 spiro atoms. The fraction of sp³-hybridized carbons (Fsp3) is 0.632. The van der Waals surface area contributed by atoms with Crippen LogP contribution < -0.4 is 0 Å². The van der Waals surface area contributed by atoms with Crippen molar-refractivity contribution in [3.8, 4) is 0 Å². The Hall–Kier alpha value is -1.73. The number of piperidine rings is 1. The standard InChI is InChI=1S/C19H25F2NO4/c1-11-14(5-6-15(20)16(11)21)19(24)7-12-9-25-10-13(8-19)22(12)17(23)26-18(2,3)4/h5-6,12-13,24H,7-10H2,1-4H3. The van der Waals surface area contributed by atoms with Crippen molar-refractivity contribution < 1.29 is 28.2 Å². The monoisotopic (exact) mass is 369 g/mol. The van der Waals surface area contributed by atoms with Crippen LogP contribution in [0.4, 0.5) is 13.6 Å². The van der Waals surface area contributed by atoms with E-state index in [1.54, 1.807) is 25.7 Å². The van der Waals surface area contributed by atoms with Gasteiger partial charge in [-0.15, -0.1) is 0 Å². The number of aliphatic hydroxyl groups is 1. The highest BCUT2D eigenvalue weighted by molar-refractivity contribution is 5.69. The fourth-order valence-corrected chi connectivity index (χ4v) is 3.97. The number of benzene rings is 1. The molecule has 2 atom stereocenters. The minimum atomic E-state index is -1.35. The third kappa shape index (κ3) is 3.42. The molecule has 2 heterocycles. The van der Waals surface area contributed by atoms with Gasteiger partial charge in [-0.3, -0.25) is 4.90 Å². The predicted molar refractivity (Wildman–Crippen MR) is 90.7 cm³/mol. The number of rotatable bonds is 1. The summed E-state index contributed by atoms with van der Waals surface area (Å²) in [7, 11) is 0. The summed E-state index contributed by atoms with van der Waals surface area (Å²) in [6.45, 7) is 7.37. The molecule has 0 aromatic heterocycles. The molecule has 2 bridgehead atoms. The van der Waals surface area contributed by atoms with E-state index < -0.39 is 41.0 Å². The van der Waals surface area contributed by atoms with Crippen molar-refractivity contribution >= 4 is 6.09 Å². The van der Waals surface area contributed by atoms with E-state index in [-0.39, 0.29) is 31.6 Å². The Balaban J connectivity index is 1.90. The molecule has 3 rings (SSSR count). The summed E-state index contributed by atoms with van der Waals surface area (Å²) >= 11 is 0. The van der Waals surface area contributed by atoms with Crippen molar-refractivity contribution in [2.75, 3.05) is 13.2 Å². The number of ether oxygens (including phenoxy) is 2. The van der Waals surface area contributed by atoms with Gasteiger partial charge in [0.25, 0.3) is 0 Å². The first-order valence-corrected chi connectivity index (χ1v) is 8.78. The van der Waals surface area contributed by atoms with Crippen LogP contribution in [-0.2, 0) is 15.1 Å². The van der Waals surface area contributed by atoms with Crippen LogP contribution >= 0.6 is 0 Å². The van der Waals surface area contributed by atoms with E-state index in [1.807, 2.05) is 0 Å². The SMILES string of the molecule is Cc1c(C2(O)CC3COCC(C2)N3C(=O)OC(C)(C)C)ccc(F)c1F. The number of hydrogen-bond donors (Lipinski definition) is 1. The maximum absolute atomic E-state index is 14.0. The Morgan fingerprint density at radius 2 is 1.85 bits per heavy atom. The zero-order valence-corrected chi connectivity index (χ0v) is 15.5. The molecule has 5 nitrogen and oxygen atoms in total. The second-order valence-corrected chi connectivity index (χ2v) is 8.21. The molecule has 1 aromatic carbocycles. The molecule has 2 unspecified atom stereocenters. The minimum absolute atomic E-state index is 0.0946. The Morgan fingerprint density at radius 3 is 2.38 bits per heavy atom. The molecule has 2 fully saturated rings. The van der Waals surface area contributed by atoms with Gasteiger partial charge in [0.2, 0.25) is 0 Å². The van der Waals surface area contributed by atoms with Gasteiger partial charge in [-0.05, 0) is 44.9 Å². The molecular weight excluding hydrogens is 344 g/mol. The molecule has 1 N–H and O–H groups in total. The van der Waals surface area contributed by atoms with Crippen molar-refractivity contribution in [2.45, 2.75) is 63.8 Å². The topological polar surface area (TPSA) is 59.0 Å². The molecule has 2 aliphatic rings. The first kappa shape index (κ1) is 19.0. The van der Waals surface area contributed by atoms with Crippen molar-refractivity contribution in [2.24, 2.45) is 0 Å². The molecule has 1 aromatic rings. The predicted octanol–water partition coefficient (Wildman–Crippen LogP) is 3.26. The molecule has 2 aliphatic heterocycles. The van der Waals surface area contributed by atoms with Crippen molar-refractivity contribution in [1.29, 1.82) is 0 Å². The van der Waals surface area contributed by atoms with Gasteiger partial charge < -0.3 is 14.6 Å². The summed E-state index contributed by atoms with van der Waals surface area (Å²) in [5.41, 5.74) is -1.53. The van der Waals surface area contributed by atoms with Crippen LogP contribution in [0.3, 0.4) is 0 Å². The molecule has 0 saturated carbocycles. The molecule has 1 amide bonds. The number of nitrogens with zero attached hydrogens (tertiary/aromatic N) is 1. The lowest BCUT2D eigenvalue weighted by Crippen LogP contribution is -2.63. The first-order valence-electron chi connectivity index (χ1n) is 8.78. The van der Waals surface area contributed by atoms with E-state index in [1.165, 1.54) is 13.0 Å². The summed E-state index contributed by atoms with van der Waals surface area (Å²) in [6, 6.07) is 1.67. The summed E-state index contributed by atoms with van der Waals surface area (Å²) in [4.78, 5) is 14.2. The number of morpholine rings is 1. The molecule has 26 heavy (non-hydrogen) atoms. The van der Waals surface area contributed by atoms with E-state index in [9.17, 15) is 18.7 Å². The fourth-order valence-electron chi connectivity index (χ4n) is 3.97. The Bertz CT molecular complexity index is 702. The second kappa shape index (κ2) is 6.46. The maximum atomic E-state index is 14.0. The van der Waals surface area contributed by atoms with Gasteiger partial charge in [-0.25, -0.2) is 13.6 Å². The third-order valence-electron chi connectivity index (χ3n) is 5.00. The minimum Gasteiger partial charge on any atom is -0.444 e. The largest absolute Gasteiger partial charge is 0.444 e. The summed E-state index contributed by atoms with van der Waals surface area (Å²) in [5, 5.41) is 11.3. The van der Waals surface area contributed by atoms with E-state index >= 15 is 0 Å². The molecule has 7 heteroatoms.